The predicted octanol–water partition coefficient (Wildman–Crippen LogP) is 2.29. The maximum atomic E-state index is 13.3. The molecule has 23 heavy (non-hydrogen) atoms. The quantitative estimate of drug-likeness (QED) is 0.420. The molecular weight excluding hydrogens is 417 g/mol. The number of hydrogen-bond donors (Lipinski definition) is 2. The molecule has 0 aliphatic carbocycles. The number of likely N-dealkylation sites (N-methyl/N-ethyl adjacent to an activating group) is 1. The smallest absolute Gasteiger partial charge is 0.243 e. The number of amides is 1. The van der Waals surface area contributed by atoms with Crippen LogP contribution in [0, 0.1) is 11.6 Å². The van der Waals surface area contributed by atoms with Gasteiger partial charge in [0.05, 0.1) is 6.04 Å². The summed E-state index contributed by atoms with van der Waals surface area (Å²) in [6.45, 7) is 4.32. The van der Waals surface area contributed by atoms with Gasteiger partial charge in [-0.05, 0) is 31.5 Å². The third-order valence-corrected chi connectivity index (χ3v) is 3.01. The molecule has 5 nitrogen and oxygen atoms in total. The molecule has 0 aromatic heterocycles. The van der Waals surface area contributed by atoms with E-state index in [2.05, 4.69) is 15.6 Å². The van der Waals surface area contributed by atoms with Gasteiger partial charge in [0.15, 0.2) is 17.6 Å². The van der Waals surface area contributed by atoms with E-state index < -0.39 is 11.6 Å². The van der Waals surface area contributed by atoms with Crippen LogP contribution in [0.15, 0.2) is 23.2 Å². The topological polar surface area (TPSA) is 56.7 Å². The molecule has 0 aliphatic rings. The van der Waals surface area contributed by atoms with Gasteiger partial charge in [-0.3, -0.25) is 4.79 Å². The number of carbonyl (C=O) groups excluding carboxylic acids is 1. The monoisotopic (exact) mass is 440 g/mol. The highest BCUT2D eigenvalue weighted by molar-refractivity contribution is 14.0. The van der Waals surface area contributed by atoms with Crippen molar-refractivity contribution in [1.82, 2.24) is 15.5 Å². The van der Waals surface area contributed by atoms with Crippen molar-refractivity contribution in [3.05, 3.63) is 35.4 Å². The Bertz CT molecular complexity index is 552. The number of hydrogen-bond acceptors (Lipinski definition) is 2. The lowest BCUT2D eigenvalue weighted by Crippen LogP contribution is -2.39. The van der Waals surface area contributed by atoms with E-state index in [1.807, 2.05) is 6.92 Å². The van der Waals surface area contributed by atoms with Gasteiger partial charge in [0, 0.05) is 20.6 Å². The van der Waals surface area contributed by atoms with Gasteiger partial charge < -0.3 is 15.5 Å². The predicted molar refractivity (Wildman–Crippen MR) is 98.0 cm³/mol. The second-order valence-corrected chi connectivity index (χ2v) is 5.02. The molecule has 0 radical (unpaired) electrons. The molecular formula is C15H23F2IN4O. The number of nitrogens with one attached hydrogen (secondary N) is 2. The van der Waals surface area contributed by atoms with Crippen molar-refractivity contribution in [1.29, 1.82) is 0 Å². The number of guanidine groups is 1. The number of benzene rings is 1. The summed E-state index contributed by atoms with van der Waals surface area (Å²) in [4.78, 5) is 17.2. The number of rotatable bonds is 5. The van der Waals surface area contributed by atoms with Crippen LogP contribution in [0.25, 0.3) is 0 Å². The fraction of sp³-hybridized carbons (Fsp3) is 0.467. The summed E-state index contributed by atoms with van der Waals surface area (Å²) in [6.07, 6.45) is 0. The van der Waals surface area contributed by atoms with Gasteiger partial charge in [-0.2, -0.15) is 0 Å². The fourth-order valence-electron chi connectivity index (χ4n) is 1.68. The fourth-order valence-corrected chi connectivity index (χ4v) is 1.68. The average Bonchev–Trinajstić information content (AvgIpc) is 2.47. The Morgan fingerprint density at radius 1 is 1.30 bits per heavy atom. The SMILES string of the molecule is CCNC(=NCC(=O)N(C)C)NC(C)c1ccc(F)c(F)c1.I. The molecule has 1 amide bonds. The van der Waals surface area contributed by atoms with E-state index >= 15 is 0 Å². The zero-order valence-corrected chi connectivity index (χ0v) is 16.0. The van der Waals surface area contributed by atoms with Crippen LogP contribution >= 0.6 is 24.0 Å². The highest BCUT2D eigenvalue weighted by Crippen LogP contribution is 2.15. The summed E-state index contributed by atoms with van der Waals surface area (Å²) in [7, 11) is 3.31. The van der Waals surface area contributed by atoms with Crippen LogP contribution in [0.3, 0.4) is 0 Å². The molecule has 1 aromatic rings. The van der Waals surface area contributed by atoms with Crippen molar-refractivity contribution in [2.24, 2.45) is 4.99 Å². The van der Waals surface area contributed by atoms with Crippen molar-refractivity contribution in [2.75, 3.05) is 27.2 Å². The van der Waals surface area contributed by atoms with Crippen molar-refractivity contribution in [3.8, 4) is 0 Å². The molecule has 0 bridgehead atoms. The van der Waals surface area contributed by atoms with E-state index in [9.17, 15) is 13.6 Å². The summed E-state index contributed by atoms with van der Waals surface area (Å²) >= 11 is 0. The lowest BCUT2D eigenvalue weighted by molar-refractivity contribution is -0.127. The number of aliphatic imine (C=N–C) groups is 1. The van der Waals surface area contributed by atoms with E-state index in [4.69, 9.17) is 0 Å². The largest absolute Gasteiger partial charge is 0.357 e. The highest BCUT2D eigenvalue weighted by Gasteiger charge is 2.11. The van der Waals surface area contributed by atoms with Crippen molar-refractivity contribution in [3.63, 3.8) is 0 Å². The minimum absolute atomic E-state index is 0. The molecule has 0 fully saturated rings. The molecule has 0 saturated carbocycles. The van der Waals surface area contributed by atoms with Crippen LogP contribution in [-0.2, 0) is 4.79 Å². The first kappa shape index (κ1) is 21.6. The third kappa shape index (κ3) is 7.10. The highest BCUT2D eigenvalue weighted by atomic mass is 127. The first-order chi connectivity index (χ1) is 10.3. The molecule has 1 aromatic carbocycles. The molecule has 0 saturated heterocycles. The maximum absolute atomic E-state index is 13.3. The van der Waals surface area contributed by atoms with Crippen molar-refractivity contribution in [2.45, 2.75) is 19.9 Å². The van der Waals surface area contributed by atoms with Crippen LogP contribution in [0.5, 0.6) is 0 Å². The van der Waals surface area contributed by atoms with Gasteiger partial charge in [0.2, 0.25) is 5.91 Å². The first-order valence-corrected chi connectivity index (χ1v) is 7.05. The molecule has 0 heterocycles. The van der Waals surface area contributed by atoms with E-state index in [-0.39, 0.29) is 42.5 Å². The summed E-state index contributed by atoms with van der Waals surface area (Å²) in [5, 5.41) is 6.06. The summed E-state index contributed by atoms with van der Waals surface area (Å²) in [5.74, 6) is -1.46. The standard InChI is InChI=1S/C15H22F2N4O.HI/c1-5-18-15(19-9-14(22)21(3)4)20-10(2)11-6-7-12(16)13(17)8-11;/h6-8,10H,5,9H2,1-4H3,(H2,18,19,20);1H. The van der Waals surface area contributed by atoms with Gasteiger partial charge in [0.1, 0.15) is 6.54 Å². The zero-order valence-electron chi connectivity index (χ0n) is 13.7. The number of halogens is 3. The Labute approximate surface area is 152 Å². The molecule has 1 unspecified atom stereocenters. The van der Waals surface area contributed by atoms with Gasteiger partial charge in [0.25, 0.3) is 0 Å². The minimum Gasteiger partial charge on any atom is -0.357 e. The minimum atomic E-state index is -0.893. The summed E-state index contributed by atoms with van der Waals surface area (Å²) < 4.78 is 26.2. The van der Waals surface area contributed by atoms with Gasteiger partial charge in [-0.15, -0.1) is 24.0 Å². The Morgan fingerprint density at radius 3 is 2.48 bits per heavy atom. The lowest BCUT2D eigenvalue weighted by Gasteiger charge is -2.18. The molecule has 1 rings (SSSR count). The van der Waals surface area contributed by atoms with Crippen LogP contribution in [0.2, 0.25) is 0 Å². The number of nitrogens with zero attached hydrogens (tertiary/aromatic N) is 2. The molecule has 0 spiro atoms. The molecule has 1 atom stereocenters. The summed E-state index contributed by atoms with van der Waals surface area (Å²) in [5.41, 5.74) is 0.587. The second kappa shape index (κ2) is 10.3. The van der Waals surface area contributed by atoms with E-state index in [0.29, 0.717) is 18.1 Å². The van der Waals surface area contributed by atoms with Gasteiger partial charge in [-0.1, -0.05) is 6.07 Å². The molecule has 130 valence electrons. The molecule has 0 aliphatic heterocycles. The van der Waals surface area contributed by atoms with Crippen molar-refractivity contribution < 1.29 is 13.6 Å². The average molecular weight is 440 g/mol. The number of carbonyl (C=O) groups is 1. The van der Waals surface area contributed by atoms with Crippen LogP contribution in [0.4, 0.5) is 8.78 Å². The van der Waals surface area contributed by atoms with Gasteiger partial charge >= 0.3 is 0 Å². The van der Waals surface area contributed by atoms with Crippen LogP contribution in [0.1, 0.15) is 25.5 Å². The maximum Gasteiger partial charge on any atom is 0.243 e. The Kier molecular flexibility index (Phi) is 9.70. The third-order valence-electron chi connectivity index (χ3n) is 3.01. The normalized spacial score (nSPS) is 12.2. The molecule has 2 N–H and O–H groups in total. The van der Waals surface area contributed by atoms with E-state index in [1.165, 1.54) is 11.0 Å². The first-order valence-electron chi connectivity index (χ1n) is 7.05. The Balaban J connectivity index is 0.00000484. The van der Waals surface area contributed by atoms with Crippen LogP contribution in [-0.4, -0.2) is 44.0 Å². The van der Waals surface area contributed by atoms with Gasteiger partial charge in [-0.25, -0.2) is 13.8 Å². The van der Waals surface area contributed by atoms with Crippen LogP contribution < -0.4 is 10.6 Å². The van der Waals surface area contributed by atoms with Crippen molar-refractivity contribution >= 4 is 35.8 Å². The molecule has 8 heteroatoms. The zero-order chi connectivity index (χ0) is 16.7. The lowest BCUT2D eigenvalue weighted by atomic mass is 10.1. The summed E-state index contributed by atoms with van der Waals surface area (Å²) in [6, 6.07) is 3.44. The van der Waals surface area contributed by atoms with E-state index in [0.717, 1.165) is 12.1 Å². The second-order valence-electron chi connectivity index (χ2n) is 5.02. The Morgan fingerprint density at radius 2 is 1.96 bits per heavy atom. The Hall–Kier alpha value is -1.45. The van der Waals surface area contributed by atoms with E-state index in [1.54, 1.807) is 21.0 Å².